The second kappa shape index (κ2) is 8.54. The molecule has 1 aromatic carbocycles. The minimum Gasteiger partial charge on any atom is -0.469 e. The largest absolute Gasteiger partial charge is 0.469 e. The maximum absolute atomic E-state index is 12.0. The zero-order valence-electron chi connectivity index (χ0n) is 13.8. The Morgan fingerprint density at radius 2 is 1.73 bits per heavy atom. The SMILES string of the molecule is COC(=O)CCN(CC(=O)OC(C)(C)C)Cc1ccccc1. The van der Waals surface area contributed by atoms with Crippen molar-refractivity contribution in [3.63, 3.8) is 0 Å². The lowest BCUT2D eigenvalue weighted by molar-refractivity contribution is -0.156. The molecule has 0 aromatic heterocycles. The monoisotopic (exact) mass is 307 g/mol. The second-order valence-corrected chi connectivity index (χ2v) is 6.11. The molecule has 122 valence electrons. The lowest BCUT2D eigenvalue weighted by atomic mass is 10.2. The Bertz CT molecular complexity index is 479. The average molecular weight is 307 g/mol. The van der Waals surface area contributed by atoms with Crippen LogP contribution in [0.3, 0.4) is 0 Å². The lowest BCUT2D eigenvalue weighted by Gasteiger charge is -2.24. The summed E-state index contributed by atoms with van der Waals surface area (Å²) in [4.78, 5) is 25.2. The molecule has 0 radical (unpaired) electrons. The summed E-state index contributed by atoms with van der Waals surface area (Å²) in [6.07, 6.45) is 0.242. The van der Waals surface area contributed by atoms with Crippen LogP contribution in [0.4, 0.5) is 0 Å². The predicted molar refractivity (Wildman–Crippen MR) is 84.2 cm³/mol. The van der Waals surface area contributed by atoms with Crippen molar-refractivity contribution in [2.45, 2.75) is 39.3 Å². The van der Waals surface area contributed by atoms with Crippen molar-refractivity contribution in [1.29, 1.82) is 0 Å². The van der Waals surface area contributed by atoms with Gasteiger partial charge in [0.05, 0.1) is 20.1 Å². The highest BCUT2D eigenvalue weighted by atomic mass is 16.6. The zero-order valence-corrected chi connectivity index (χ0v) is 13.8. The first-order valence-electron chi connectivity index (χ1n) is 7.35. The Labute approximate surface area is 132 Å². The van der Waals surface area contributed by atoms with Crippen LogP contribution >= 0.6 is 0 Å². The van der Waals surface area contributed by atoms with E-state index in [1.807, 2.05) is 56.0 Å². The lowest BCUT2D eigenvalue weighted by Crippen LogP contribution is -2.35. The molecule has 0 saturated carbocycles. The molecule has 0 heterocycles. The van der Waals surface area contributed by atoms with E-state index < -0.39 is 5.60 Å². The quantitative estimate of drug-likeness (QED) is 0.724. The first-order chi connectivity index (χ1) is 10.3. The summed E-state index contributed by atoms with van der Waals surface area (Å²) in [5.74, 6) is -0.587. The van der Waals surface area contributed by atoms with Gasteiger partial charge in [-0.3, -0.25) is 14.5 Å². The first kappa shape index (κ1) is 18.2. The van der Waals surface area contributed by atoms with Crippen LogP contribution in [0.15, 0.2) is 30.3 Å². The molecule has 5 heteroatoms. The van der Waals surface area contributed by atoms with E-state index in [2.05, 4.69) is 4.74 Å². The minimum absolute atomic E-state index is 0.142. The van der Waals surface area contributed by atoms with Crippen LogP contribution in [-0.2, 0) is 25.6 Å². The molecule has 0 bridgehead atoms. The van der Waals surface area contributed by atoms with E-state index in [0.29, 0.717) is 13.1 Å². The van der Waals surface area contributed by atoms with Crippen LogP contribution in [0, 0.1) is 0 Å². The van der Waals surface area contributed by atoms with Crippen LogP contribution in [0.25, 0.3) is 0 Å². The van der Waals surface area contributed by atoms with E-state index in [1.54, 1.807) is 0 Å². The van der Waals surface area contributed by atoms with Gasteiger partial charge in [-0.1, -0.05) is 30.3 Å². The van der Waals surface area contributed by atoms with Crippen LogP contribution < -0.4 is 0 Å². The fourth-order valence-corrected chi connectivity index (χ4v) is 1.96. The van der Waals surface area contributed by atoms with E-state index in [9.17, 15) is 9.59 Å². The van der Waals surface area contributed by atoms with Gasteiger partial charge in [0.1, 0.15) is 5.60 Å². The van der Waals surface area contributed by atoms with Gasteiger partial charge in [0, 0.05) is 13.1 Å². The highest BCUT2D eigenvalue weighted by Gasteiger charge is 2.19. The topological polar surface area (TPSA) is 55.8 Å². The molecule has 0 aliphatic heterocycles. The Balaban J connectivity index is 2.65. The summed E-state index contributed by atoms with van der Waals surface area (Å²) in [6, 6.07) is 9.80. The summed E-state index contributed by atoms with van der Waals surface area (Å²) >= 11 is 0. The van der Waals surface area contributed by atoms with Gasteiger partial charge in [-0.05, 0) is 26.3 Å². The van der Waals surface area contributed by atoms with Gasteiger partial charge >= 0.3 is 11.9 Å². The van der Waals surface area contributed by atoms with Crippen molar-refractivity contribution in [1.82, 2.24) is 4.90 Å². The number of nitrogens with zero attached hydrogens (tertiary/aromatic N) is 1. The van der Waals surface area contributed by atoms with E-state index >= 15 is 0 Å². The molecule has 0 aliphatic carbocycles. The Hall–Kier alpha value is -1.88. The molecule has 0 saturated heterocycles. The number of esters is 2. The predicted octanol–water partition coefficient (Wildman–Crippen LogP) is 2.39. The normalized spacial score (nSPS) is 11.3. The molecule has 1 aromatic rings. The number of ether oxygens (including phenoxy) is 2. The first-order valence-corrected chi connectivity index (χ1v) is 7.35. The van der Waals surface area contributed by atoms with Crippen molar-refractivity contribution in [3.05, 3.63) is 35.9 Å². The number of hydrogen-bond donors (Lipinski definition) is 0. The maximum atomic E-state index is 12.0. The third kappa shape index (κ3) is 7.78. The van der Waals surface area contributed by atoms with Crippen molar-refractivity contribution in [3.8, 4) is 0 Å². The van der Waals surface area contributed by atoms with Gasteiger partial charge in [0.25, 0.3) is 0 Å². The second-order valence-electron chi connectivity index (χ2n) is 6.11. The van der Waals surface area contributed by atoms with E-state index in [-0.39, 0.29) is 24.9 Å². The fourth-order valence-electron chi connectivity index (χ4n) is 1.96. The molecular weight excluding hydrogens is 282 g/mol. The van der Waals surface area contributed by atoms with Gasteiger partial charge in [-0.15, -0.1) is 0 Å². The molecule has 1 rings (SSSR count). The fraction of sp³-hybridized carbons (Fsp3) is 0.529. The summed E-state index contributed by atoms with van der Waals surface area (Å²) in [5.41, 5.74) is 0.564. The van der Waals surface area contributed by atoms with Crippen molar-refractivity contribution in [2.75, 3.05) is 20.2 Å². The molecule has 0 N–H and O–H groups in total. The maximum Gasteiger partial charge on any atom is 0.320 e. The summed E-state index contributed by atoms with van der Waals surface area (Å²) in [5, 5.41) is 0. The Morgan fingerprint density at radius 1 is 1.09 bits per heavy atom. The van der Waals surface area contributed by atoms with Crippen molar-refractivity contribution < 1.29 is 19.1 Å². The Morgan fingerprint density at radius 3 is 2.27 bits per heavy atom. The molecular formula is C17H25NO4. The molecule has 0 fully saturated rings. The van der Waals surface area contributed by atoms with Crippen molar-refractivity contribution >= 4 is 11.9 Å². The summed E-state index contributed by atoms with van der Waals surface area (Å²) in [7, 11) is 1.36. The smallest absolute Gasteiger partial charge is 0.320 e. The Kier molecular flexibility index (Phi) is 7.05. The molecule has 0 amide bonds. The van der Waals surface area contributed by atoms with Gasteiger partial charge in [-0.25, -0.2) is 0 Å². The molecule has 0 atom stereocenters. The van der Waals surface area contributed by atoms with Gasteiger partial charge in [-0.2, -0.15) is 0 Å². The van der Waals surface area contributed by atoms with Gasteiger partial charge in [0.2, 0.25) is 0 Å². The van der Waals surface area contributed by atoms with Gasteiger partial charge in [0.15, 0.2) is 0 Å². The number of methoxy groups -OCH3 is 1. The molecule has 0 unspecified atom stereocenters. The highest BCUT2D eigenvalue weighted by molar-refractivity contribution is 5.72. The third-order valence-electron chi connectivity index (χ3n) is 2.88. The van der Waals surface area contributed by atoms with E-state index in [4.69, 9.17) is 4.74 Å². The van der Waals surface area contributed by atoms with Crippen LogP contribution in [0.2, 0.25) is 0 Å². The number of benzene rings is 1. The average Bonchev–Trinajstić information content (AvgIpc) is 2.43. The van der Waals surface area contributed by atoms with E-state index in [1.165, 1.54) is 7.11 Å². The molecule has 5 nitrogen and oxygen atoms in total. The van der Waals surface area contributed by atoms with Crippen LogP contribution in [0.1, 0.15) is 32.8 Å². The van der Waals surface area contributed by atoms with Crippen molar-refractivity contribution in [2.24, 2.45) is 0 Å². The van der Waals surface area contributed by atoms with Crippen LogP contribution in [0.5, 0.6) is 0 Å². The van der Waals surface area contributed by atoms with Gasteiger partial charge < -0.3 is 9.47 Å². The van der Waals surface area contributed by atoms with E-state index in [0.717, 1.165) is 5.56 Å². The third-order valence-corrected chi connectivity index (χ3v) is 2.88. The minimum atomic E-state index is -0.516. The summed E-state index contributed by atoms with van der Waals surface area (Å²) in [6.45, 7) is 6.67. The highest BCUT2D eigenvalue weighted by Crippen LogP contribution is 2.10. The standard InChI is InChI=1S/C17H25NO4/c1-17(2,3)22-16(20)13-18(11-10-15(19)21-4)12-14-8-6-5-7-9-14/h5-9H,10-13H2,1-4H3. The molecule has 22 heavy (non-hydrogen) atoms. The number of carbonyl (C=O) groups is 2. The zero-order chi connectivity index (χ0) is 16.6. The number of rotatable bonds is 7. The number of carbonyl (C=O) groups excluding carboxylic acids is 2. The number of hydrogen-bond acceptors (Lipinski definition) is 5. The van der Waals surface area contributed by atoms with Crippen LogP contribution in [-0.4, -0.2) is 42.6 Å². The molecule has 0 aliphatic rings. The summed E-state index contributed by atoms with van der Waals surface area (Å²) < 4.78 is 10.00. The molecule has 0 spiro atoms.